The summed E-state index contributed by atoms with van der Waals surface area (Å²) in [7, 11) is 1.87. The molecular weight excluding hydrogens is 268 g/mol. The fourth-order valence-corrected chi connectivity index (χ4v) is 3.63. The van der Waals surface area contributed by atoms with Crippen molar-refractivity contribution < 1.29 is 4.79 Å². The van der Waals surface area contributed by atoms with E-state index in [1.807, 2.05) is 7.05 Å². The van der Waals surface area contributed by atoms with Crippen molar-refractivity contribution in [2.75, 3.05) is 20.1 Å². The molecule has 114 valence electrons. The molecule has 3 nitrogen and oxygen atoms in total. The molecule has 1 rings (SSSR count). The smallest absolute Gasteiger partial charge is 0.263 e. The molecule has 0 atom stereocenters. The molecule has 1 heterocycles. The maximum Gasteiger partial charge on any atom is 0.263 e. The van der Waals surface area contributed by atoms with Crippen LogP contribution < -0.4 is 5.73 Å². The molecule has 0 fully saturated rings. The van der Waals surface area contributed by atoms with Gasteiger partial charge in [0.25, 0.3) is 5.91 Å². The number of nitrogens with zero attached hydrogens (tertiary/aromatic N) is 1. The van der Waals surface area contributed by atoms with Crippen LogP contribution in [0.15, 0.2) is 6.07 Å². The van der Waals surface area contributed by atoms with Gasteiger partial charge in [0, 0.05) is 18.5 Å². The zero-order chi connectivity index (χ0) is 15.3. The van der Waals surface area contributed by atoms with Crippen LogP contribution in [0.3, 0.4) is 0 Å². The molecule has 1 amide bonds. The van der Waals surface area contributed by atoms with Crippen molar-refractivity contribution >= 4 is 17.2 Å². The Balaban J connectivity index is 2.86. The Kier molecular flexibility index (Phi) is 6.21. The van der Waals surface area contributed by atoms with Crippen LogP contribution in [-0.2, 0) is 12.8 Å². The molecule has 2 N–H and O–H groups in total. The zero-order valence-corrected chi connectivity index (χ0v) is 14.3. The maximum atomic E-state index is 12.5. The summed E-state index contributed by atoms with van der Waals surface area (Å²) in [5.74, 6) is 0.119. The summed E-state index contributed by atoms with van der Waals surface area (Å²) in [6, 6.07) is 2.07. The molecule has 1 aromatic heterocycles. The van der Waals surface area contributed by atoms with Gasteiger partial charge in [0.15, 0.2) is 0 Å². The quantitative estimate of drug-likeness (QED) is 0.839. The predicted molar refractivity (Wildman–Crippen MR) is 87.5 cm³/mol. The lowest BCUT2D eigenvalue weighted by Crippen LogP contribution is -2.39. The van der Waals surface area contributed by atoms with Gasteiger partial charge >= 0.3 is 0 Å². The van der Waals surface area contributed by atoms with E-state index in [4.69, 9.17) is 5.73 Å². The second-order valence-electron chi connectivity index (χ2n) is 6.19. The van der Waals surface area contributed by atoms with E-state index in [0.29, 0.717) is 13.1 Å². The minimum atomic E-state index is -0.0402. The molecule has 0 saturated heterocycles. The number of hydrogen-bond acceptors (Lipinski definition) is 3. The second-order valence-corrected chi connectivity index (χ2v) is 7.33. The highest BCUT2D eigenvalue weighted by Crippen LogP contribution is 2.26. The third-order valence-electron chi connectivity index (χ3n) is 3.53. The highest BCUT2D eigenvalue weighted by atomic mass is 32.1. The SMILES string of the molecule is CCCc1sc(C(=O)N(C)CC(C)(C)CN)cc1CC. The van der Waals surface area contributed by atoms with Crippen LogP contribution in [0, 0.1) is 5.41 Å². The molecule has 0 aromatic carbocycles. The standard InChI is InChI=1S/C16H28N2OS/c1-6-8-13-12(7-2)9-14(20-13)15(19)18(5)11-16(3,4)10-17/h9H,6-8,10-11,17H2,1-5H3. The molecule has 0 unspecified atom stereocenters. The number of thiophene rings is 1. The maximum absolute atomic E-state index is 12.5. The molecule has 0 spiro atoms. The Morgan fingerprint density at radius 3 is 2.55 bits per heavy atom. The van der Waals surface area contributed by atoms with Crippen molar-refractivity contribution in [2.45, 2.75) is 47.0 Å². The van der Waals surface area contributed by atoms with E-state index in [-0.39, 0.29) is 11.3 Å². The van der Waals surface area contributed by atoms with Gasteiger partial charge < -0.3 is 10.6 Å². The van der Waals surface area contributed by atoms with E-state index in [1.165, 1.54) is 10.4 Å². The predicted octanol–water partition coefficient (Wildman–Crippen LogP) is 3.32. The number of nitrogens with two attached hydrogens (primary N) is 1. The van der Waals surface area contributed by atoms with Crippen molar-refractivity contribution in [3.8, 4) is 0 Å². The van der Waals surface area contributed by atoms with Crippen LogP contribution in [0.4, 0.5) is 0 Å². The number of aryl methyl sites for hydroxylation is 2. The average molecular weight is 296 g/mol. The van der Waals surface area contributed by atoms with Crippen molar-refractivity contribution in [1.29, 1.82) is 0 Å². The molecule has 20 heavy (non-hydrogen) atoms. The number of hydrogen-bond donors (Lipinski definition) is 1. The van der Waals surface area contributed by atoms with Crippen LogP contribution in [0.25, 0.3) is 0 Å². The van der Waals surface area contributed by atoms with E-state index in [0.717, 1.165) is 24.1 Å². The second kappa shape index (κ2) is 7.23. The van der Waals surface area contributed by atoms with Gasteiger partial charge in [0.2, 0.25) is 0 Å². The summed E-state index contributed by atoms with van der Waals surface area (Å²) in [4.78, 5) is 16.5. The number of rotatable bonds is 7. The van der Waals surface area contributed by atoms with Gasteiger partial charge in [-0.05, 0) is 36.4 Å². The first-order valence-corrected chi connectivity index (χ1v) is 8.23. The highest BCUT2D eigenvalue weighted by Gasteiger charge is 2.23. The highest BCUT2D eigenvalue weighted by molar-refractivity contribution is 7.14. The lowest BCUT2D eigenvalue weighted by molar-refractivity contribution is 0.0745. The average Bonchev–Trinajstić information content (AvgIpc) is 2.81. The molecule has 0 aliphatic carbocycles. The van der Waals surface area contributed by atoms with E-state index in [9.17, 15) is 4.79 Å². The Morgan fingerprint density at radius 1 is 1.40 bits per heavy atom. The largest absolute Gasteiger partial charge is 0.340 e. The van der Waals surface area contributed by atoms with Gasteiger partial charge in [-0.2, -0.15) is 0 Å². The molecule has 0 saturated carbocycles. The van der Waals surface area contributed by atoms with Gasteiger partial charge in [0.05, 0.1) is 4.88 Å². The topological polar surface area (TPSA) is 46.3 Å². The summed E-state index contributed by atoms with van der Waals surface area (Å²) in [6.07, 6.45) is 3.19. The molecule has 4 heteroatoms. The van der Waals surface area contributed by atoms with Crippen molar-refractivity contribution in [2.24, 2.45) is 11.1 Å². The van der Waals surface area contributed by atoms with Crippen LogP contribution in [0.5, 0.6) is 0 Å². The third kappa shape index (κ3) is 4.32. The zero-order valence-electron chi connectivity index (χ0n) is 13.5. The summed E-state index contributed by atoms with van der Waals surface area (Å²) in [5, 5.41) is 0. The summed E-state index contributed by atoms with van der Waals surface area (Å²) in [6.45, 7) is 9.77. The van der Waals surface area contributed by atoms with Crippen LogP contribution in [0.1, 0.15) is 54.2 Å². The van der Waals surface area contributed by atoms with Gasteiger partial charge in [-0.1, -0.05) is 34.1 Å². The molecule has 0 aliphatic rings. The van der Waals surface area contributed by atoms with Crippen molar-refractivity contribution in [3.63, 3.8) is 0 Å². The Morgan fingerprint density at radius 2 is 2.05 bits per heavy atom. The summed E-state index contributed by atoms with van der Waals surface area (Å²) >= 11 is 1.66. The van der Waals surface area contributed by atoms with E-state index < -0.39 is 0 Å². The fraction of sp³-hybridized carbons (Fsp3) is 0.688. The Labute approximate surface area is 127 Å². The first kappa shape index (κ1) is 17.2. The van der Waals surface area contributed by atoms with Crippen LogP contribution >= 0.6 is 11.3 Å². The number of amides is 1. The minimum Gasteiger partial charge on any atom is -0.340 e. The summed E-state index contributed by atoms with van der Waals surface area (Å²) < 4.78 is 0. The van der Waals surface area contributed by atoms with Gasteiger partial charge in [-0.3, -0.25) is 4.79 Å². The van der Waals surface area contributed by atoms with E-state index >= 15 is 0 Å². The normalized spacial score (nSPS) is 11.7. The van der Waals surface area contributed by atoms with E-state index in [2.05, 4.69) is 33.8 Å². The minimum absolute atomic E-state index is 0.0402. The molecular formula is C16H28N2OS. The first-order valence-electron chi connectivity index (χ1n) is 7.41. The lowest BCUT2D eigenvalue weighted by atomic mass is 9.93. The molecule has 0 bridgehead atoms. The Hall–Kier alpha value is -0.870. The van der Waals surface area contributed by atoms with Crippen LogP contribution in [0.2, 0.25) is 0 Å². The van der Waals surface area contributed by atoms with Gasteiger partial charge in [-0.15, -0.1) is 11.3 Å². The molecule has 0 radical (unpaired) electrons. The van der Waals surface area contributed by atoms with Crippen molar-refractivity contribution in [1.82, 2.24) is 4.90 Å². The number of carbonyl (C=O) groups excluding carboxylic acids is 1. The monoisotopic (exact) mass is 296 g/mol. The molecule has 1 aromatic rings. The fourth-order valence-electron chi connectivity index (χ4n) is 2.28. The first-order chi connectivity index (χ1) is 9.34. The van der Waals surface area contributed by atoms with Gasteiger partial charge in [-0.25, -0.2) is 0 Å². The summed E-state index contributed by atoms with van der Waals surface area (Å²) in [5.41, 5.74) is 7.03. The van der Waals surface area contributed by atoms with E-state index in [1.54, 1.807) is 16.2 Å². The molecule has 0 aliphatic heterocycles. The van der Waals surface area contributed by atoms with Gasteiger partial charge in [0.1, 0.15) is 0 Å². The third-order valence-corrected chi connectivity index (χ3v) is 4.75. The Bertz CT molecular complexity index is 451. The lowest BCUT2D eigenvalue weighted by Gasteiger charge is -2.28. The van der Waals surface area contributed by atoms with Crippen LogP contribution in [-0.4, -0.2) is 30.9 Å². The number of carbonyl (C=O) groups is 1. The van der Waals surface area contributed by atoms with Crippen molar-refractivity contribution in [3.05, 3.63) is 21.4 Å².